The van der Waals surface area contributed by atoms with Crippen molar-refractivity contribution in [3.8, 4) is 11.1 Å². The highest BCUT2D eigenvalue weighted by molar-refractivity contribution is 6.31. The quantitative estimate of drug-likeness (QED) is 0.260. The number of alkyl halides is 3. The zero-order chi connectivity index (χ0) is 26.2. The van der Waals surface area contributed by atoms with Gasteiger partial charge in [0.15, 0.2) is 0 Å². The molecule has 1 amide bonds. The van der Waals surface area contributed by atoms with Gasteiger partial charge in [-0.1, -0.05) is 72.8 Å². The Kier molecular flexibility index (Phi) is 6.17. The summed E-state index contributed by atoms with van der Waals surface area (Å²) in [5, 5.41) is 13.4. The molecule has 1 aromatic heterocycles. The number of carbonyl (C=O) groups is 2. The smallest absolute Gasteiger partial charge is 0.416 e. The zero-order valence-electron chi connectivity index (χ0n) is 19.3. The Hall–Kier alpha value is -4.59. The van der Waals surface area contributed by atoms with E-state index >= 15 is 0 Å². The summed E-state index contributed by atoms with van der Waals surface area (Å²) >= 11 is 0. The van der Waals surface area contributed by atoms with Crippen molar-refractivity contribution in [2.45, 2.75) is 18.6 Å². The van der Waals surface area contributed by atoms with Crippen LogP contribution in [0.15, 0.2) is 95.4 Å². The number of carboxylic acid groups (broad SMARTS) is 1. The third-order valence-corrected chi connectivity index (χ3v) is 6.25. The van der Waals surface area contributed by atoms with Gasteiger partial charge in [-0.3, -0.25) is 4.79 Å². The molecule has 8 heteroatoms. The Balaban J connectivity index is 1.44. The first-order chi connectivity index (χ1) is 17.7. The van der Waals surface area contributed by atoms with Crippen LogP contribution in [0.5, 0.6) is 0 Å². The third-order valence-electron chi connectivity index (χ3n) is 6.25. The summed E-state index contributed by atoms with van der Waals surface area (Å²) < 4.78 is 45.0. The largest absolute Gasteiger partial charge is 0.474 e. The lowest BCUT2D eigenvalue weighted by Gasteiger charge is -2.19. The number of para-hydroxylation sites is 2. The summed E-state index contributed by atoms with van der Waals surface area (Å²) in [6.45, 7) is 0. The molecule has 37 heavy (non-hydrogen) atoms. The number of benzene rings is 4. The lowest BCUT2D eigenvalue weighted by molar-refractivity contribution is -0.150. The van der Waals surface area contributed by atoms with Gasteiger partial charge in [0.1, 0.15) is 11.2 Å². The third kappa shape index (κ3) is 4.91. The summed E-state index contributed by atoms with van der Waals surface area (Å²) in [6.07, 6.45) is -4.32. The van der Waals surface area contributed by atoms with Crippen molar-refractivity contribution < 1.29 is 32.3 Å². The number of carbonyl (C=O) groups excluding carboxylic acids is 1. The summed E-state index contributed by atoms with van der Waals surface area (Å²) in [5.41, 5.74) is 3.63. The second kappa shape index (κ2) is 9.46. The maximum absolute atomic E-state index is 13.0. The van der Waals surface area contributed by atoms with Crippen LogP contribution in [-0.2, 0) is 22.2 Å². The SMILES string of the molecule is O=C(O)C(=O)NC(Cc1ccc(-c2cccc3c2oc2ccccc23)cc1)c1ccc(C(F)(F)F)cc1. The number of halogens is 3. The first-order valence-corrected chi connectivity index (χ1v) is 11.4. The fraction of sp³-hybridized carbons (Fsp3) is 0.103. The number of furan rings is 1. The van der Waals surface area contributed by atoms with Crippen LogP contribution < -0.4 is 5.32 Å². The number of hydrogen-bond donors (Lipinski definition) is 2. The number of aliphatic carboxylic acids is 1. The molecule has 0 bridgehead atoms. The van der Waals surface area contributed by atoms with Crippen molar-refractivity contribution in [3.63, 3.8) is 0 Å². The lowest BCUT2D eigenvalue weighted by atomic mass is 9.95. The normalized spacial score (nSPS) is 12.5. The predicted octanol–water partition coefficient (Wildman–Crippen LogP) is 6.76. The van der Waals surface area contributed by atoms with Crippen molar-refractivity contribution in [2.75, 3.05) is 0 Å². The van der Waals surface area contributed by atoms with E-state index in [4.69, 9.17) is 9.52 Å². The van der Waals surface area contributed by atoms with E-state index in [1.165, 1.54) is 12.1 Å². The molecular weight excluding hydrogens is 483 g/mol. The van der Waals surface area contributed by atoms with Gasteiger partial charge in [0.05, 0.1) is 11.6 Å². The molecule has 0 radical (unpaired) electrons. The van der Waals surface area contributed by atoms with Gasteiger partial charge in [-0.05, 0) is 41.3 Å². The number of amides is 1. The molecule has 0 aliphatic carbocycles. The number of fused-ring (bicyclic) bond motifs is 3. The number of carboxylic acids is 1. The molecule has 4 aromatic carbocycles. The van der Waals surface area contributed by atoms with Crippen molar-refractivity contribution >= 4 is 33.8 Å². The summed E-state index contributed by atoms with van der Waals surface area (Å²) in [5.74, 6) is -2.91. The first kappa shape index (κ1) is 24.1. The van der Waals surface area contributed by atoms with Crippen LogP contribution in [0.4, 0.5) is 13.2 Å². The monoisotopic (exact) mass is 503 g/mol. The molecule has 5 rings (SSSR count). The molecule has 1 unspecified atom stereocenters. The summed E-state index contributed by atoms with van der Waals surface area (Å²) in [4.78, 5) is 23.0. The van der Waals surface area contributed by atoms with Crippen LogP contribution in [-0.4, -0.2) is 17.0 Å². The van der Waals surface area contributed by atoms with E-state index in [1.54, 1.807) is 0 Å². The highest BCUT2D eigenvalue weighted by Crippen LogP contribution is 2.36. The summed E-state index contributed by atoms with van der Waals surface area (Å²) in [7, 11) is 0. The molecule has 5 nitrogen and oxygen atoms in total. The van der Waals surface area contributed by atoms with Crippen molar-refractivity contribution in [2.24, 2.45) is 0 Å². The van der Waals surface area contributed by atoms with E-state index in [0.29, 0.717) is 5.56 Å². The molecule has 1 heterocycles. The average Bonchev–Trinajstić information content (AvgIpc) is 3.27. The Morgan fingerprint density at radius 3 is 2.19 bits per heavy atom. The van der Waals surface area contributed by atoms with Crippen molar-refractivity contribution in [1.82, 2.24) is 5.32 Å². The Morgan fingerprint density at radius 2 is 1.51 bits per heavy atom. The average molecular weight is 503 g/mol. The molecule has 1 atom stereocenters. The maximum Gasteiger partial charge on any atom is 0.416 e. The van der Waals surface area contributed by atoms with Gasteiger partial charge in [-0.2, -0.15) is 13.2 Å². The van der Waals surface area contributed by atoms with Gasteiger partial charge in [0.25, 0.3) is 0 Å². The molecule has 0 fully saturated rings. The van der Waals surface area contributed by atoms with E-state index in [-0.39, 0.29) is 6.42 Å². The topological polar surface area (TPSA) is 79.5 Å². The van der Waals surface area contributed by atoms with Crippen LogP contribution in [0, 0.1) is 0 Å². The number of nitrogens with one attached hydrogen (secondary N) is 1. The molecule has 0 saturated carbocycles. The van der Waals surface area contributed by atoms with E-state index in [9.17, 15) is 22.8 Å². The van der Waals surface area contributed by atoms with Gasteiger partial charge in [-0.15, -0.1) is 0 Å². The fourth-order valence-corrected chi connectivity index (χ4v) is 4.41. The van der Waals surface area contributed by atoms with Gasteiger partial charge >= 0.3 is 18.1 Å². The van der Waals surface area contributed by atoms with Crippen LogP contribution in [0.1, 0.15) is 22.7 Å². The molecule has 5 aromatic rings. The molecule has 0 spiro atoms. The van der Waals surface area contributed by atoms with Gasteiger partial charge in [0.2, 0.25) is 0 Å². The molecule has 186 valence electrons. The Bertz CT molecular complexity index is 1600. The summed E-state index contributed by atoms with van der Waals surface area (Å²) in [6, 6.07) is 24.6. The molecular formula is C29H20F3NO4. The van der Waals surface area contributed by atoms with E-state index in [1.807, 2.05) is 66.7 Å². The first-order valence-electron chi connectivity index (χ1n) is 11.4. The van der Waals surface area contributed by atoms with Crippen molar-refractivity contribution in [1.29, 1.82) is 0 Å². The number of rotatable bonds is 5. The molecule has 2 N–H and O–H groups in total. The van der Waals surface area contributed by atoms with Gasteiger partial charge < -0.3 is 14.8 Å². The highest BCUT2D eigenvalue weighted by atomic mass is 19.4. The predicted molar refractivity (Wildman–Crippen MR) is 133 cm³/mol. The minimum atomic E-state index is -4.50. The standard InChI is InChI=1S/C29H20F3NO4/c30-29(31,32)20-14-12-19(13-15-20)24(33-27(34)28(35)36)16-17-8-10-18(11-9-17)21-5-3-6-23-22-4-1-2-7-25(22)37-26(21)23/h1-15,24H,16H2,(H,33,34)(H,35,36). The molecule has 0 aliphatic rings. The second-order valence-electron chi connectivity index (χ2n) is 8.63. The van der Waals surface area contributed by atoms with Crippen LogP contribution >= 0.6 is 0 Å². The van der Waals surface area contributed by atoms with E-state index in [2.05, 4.69) is 5.32 Å². The lowest BCUT2D eigenvalue weighted by Crippen LogP contribution is -2.35. The second-order valence-corrected chi connectivity index (χ2v) is 8.63. The van der Waals surface area contributed by atoms with Gasteiger partial charge in [0, 0.05) is 16.3 Å². The fourth-order valence-electron chi connectivity index (χ4n) is 4.41. The number of hydrogen-bond acceptors (Lipinski definition) is 3. The maximum atomic E-state index is 13.0. The van der Waals surface area contributed by atoms with Crippen molar-refractivity contribution in [3.05, 3.63) is 108 Å². The molecule has 0 saturated heterocycles. The van der Waals surface area contributed by atoms with E-state index in [0.717, 1.165) is 50.8 Å². The van der Waals surface area contributed by atoms with Gasteiger partial charge in [-0.25, -0.2) is 4.79 Å². The minimum Gasteiger partial charge on any atom is -0.474 e. The van der Waals surface area contributed by atoms with Crippen LogP contribution in [0.3, 0.4) is 0 Å². The zero-order valence-corrected chi connectivity index (χ0v) is 19.3. The molecule has 0 aliphatic heterocycles. The van der Waals surface area contributed by atoms with E-state index < -0.39 is 29.7 Å². The Morgan fingerprint density at radius 1 is 0.838 bits per heavy atom. The highest BCUT2D eigenvalue weighted by Gasteiger charge is 2.30. The van der Waals surface area contributed by atoms with Crippen LogP contribution in [0.25, 0.3) is 33.1 Å². The minimum absolute atomic E-state index is 0.180. The Labute approximate surface area is 209 Å². The van der Waals surface area contributed by atoms with Crippen LogP contribution in [0.2, 0.25) is 0 Å².